The summed E-state index contributed by atoms with van der Waals surface area (Å²) >= 11 is 3.40. The second-order valence-electron chi connectivity index (χ2n) is 3.97. The smallest absolute Gasteiger partial charge is 0.181 e. The van der Waals surface area contributed by atoms with Gasteiger partial charge in [0.25, 0.3) is 0 Å². The number of aromatic nitrogens is 3. The van der Waals surface area contributed by atoms with Crippen molar-refractivity contribution in [3.8, 4) is 11.4 Å². The monoisotopic (exact) mass is 280 g/mol. The van der Waals surface area contributed by atoms with Crippen LogP contribution in [0, 0.1) is 0 Å². The van der Waals surface area contributed by atoms with Gasteiger partial charge in [-0.2, -0.15) is 5.10 Å². The Kier molecular flexibility index (Phi) is 2.96. The van der Waals surface area contributed by atoms with E-state index in [1.54, 1.807) is 0 Å². The van der Waals surface area contributed by atoms with Gasteiger partial charge in [-0.3, -0.25) is 5.10 Å². The van der Waals surface area contributed by atoms with Crippen molar-refractivity contribution >= 4 is 21.6 Å². The Morgan fingerprint density at radius 1 is 1.31 bits per heavy atom. The number of anilines is 1. The molecule has 0 amide bonds. The predicted octanol–water partition coefficient (Wildman–Crippen LogP) is 2.94. The van der Waals surface area contributed by atoms with Crippen molar-refractivity contribution in [2.75, 3.05) is 5.73 Å². The summed E-state index contributed by atoms with van der Waals surface area (Å²) in [4.78, 5) is 4.42. The summed E-state index contributed by atoms with van der Waals surface area (Å²) in [5.41, 5.74) is 7.37. The highest BCUT2D eigenvalue weighted by molar-refractivity contribution is 9.10. The van der Waals surface area contributed by atoms with Gasteiger partial charge in [0.2, 0.25) is 0 Å². The maximum atomic E-state index is 5.77. The van der Waals surface area contributed by atoms with E-state index in [1.807, 2.05) is 18.2 Å². The number of rotatable bonds is 2. The molecule has 5 heteroatoms. The normalized spacial score (nSPS) is 11.0. The highest BCUT2D eigenvalue weighted by Crippen LogP contribution is 2.24. The summed E-state index contributed by atoms with van der Waals surface area (Å²) in [6, 6.07) is 5.65. The van der Waals surface area contributed by atoms with E-state index in [9.17, 15) is 0 Å². The summed E-state index contributed by atoms with van der Waals surface area (Å²) in [7, 11) is 0. The van der Waals surface area contributed by atoms with E-state index >= 15 is 0 Å². The second kappa shape index (κ2) is 4.25. The Hall–Kier alpha value is -1.36. The number of H-pyrrole nitrogens is 1. The Labute approximate surface area is 102 Å². The van der Waals surface area contributed by atoms with E-state index in [0.717, 1.165) is 15.9 Å². The lowest BCUT2D eigenvalue weighted by Gasteiger charge is -1.99. The topological polar surface area (TPSA) is 67.6 Å². The number of hydrogen-bond donors (Lipinski definition) is 2. The van der Waals surface area contributed by atoms with Crippen LogP contribution in [-0.2, 0) is 0 Å². The standard InChI is InChI=1S/C11H13BrN4/c1-6(2)10-14-11(16-15-10)7-3-8(12)5-9(13)4-7/h3-6H,13H2,1-2H3,(H,14,15,16). The lowest BCUT2D eigenvalue weighted by molar-refractivity contribution is 0.781. The molecule has 0 saturated carbocycles. The van der Waals surface area contributed by atoms with Crippen molar-refractivity contribution in [3.63, 3.8) is 0 Å². The van der Waals surface area contributed by atoms with Crippen molar-refractivity contribution in [2.45, 2.75) is 19.8 Å². The summed E-state index contributed by atoms with van der Waals surface area (Å²) in [5, 5.41) is 7.10. The number of aromatic amines is 1. The van der Waals surface area contributed by atoms with Gasteiger partial charge in [-0.25, -0.2) is 4.98 Å². The second-order valence-corrected chi connectivity index (χ2v) is 4.89. The summed E-state index contributed by atoms with van der Waals surface area (Å²) in [5.74, 6) is 1.90. The first-order valence-corrected chi connectivity index (χ1v) is 5.84. The van der Waals surface area contributed by atoms with Crippen LogP contribution in [0.1, 0.15) is 25.6 Å². The van der Waals surface area contributed by atoms with Gasteiger partial charge >= 0.3 is 0 Å². The van der Waals surface area contributed by atoms with Crippen molar-refractivity contribution in [2.24, 2.45) is 0 Å². The van der Waals surface area contributed by atoms with Gasteiger partial charge < -0.3 is 5.73 Å². The molecule has 0 atom stereocenters. The Morgan fingerprint density at radius 3 is 2.62 bits per heavy atom. The molecule has 1 aromatic heterocycles. The molecule has 4 nitrogen and oxygen atoms in total. The van der Waals surface area contributed by atoms with Gasteiger partial charge in [0, 0.05) is 21.6 Å². The molecule has 0 radical (unpaired) electrons. The first-order chi connectivity index (χ1) is 7.56. The van der Waals surface area contributed by atoms with Gasteiger partial charge in [0.05, 0.1) is 0 Å². The van der Waals surface area contributed by atoms with Crippen molar-refractivity contribution in [1.82, 2.24) is 15.2 Å². The number of hydrogen-bond acceptors (Lipinski definition) is 3. The minimum Gasteiger partial charge on any atom is -0.399 e. The largest absolute Gasteiger partial charge is 0.399 e. The predicted molar refractivity (Wildman–Crippen MR) is 68.0 cm³/mol. The number of nitrogens with zero attached hydrogens (tertiary/aromatic N) is 2. The molecular weight excluding hydrogens is 268 g/mol. The number of nitrogen functional groups attached to an aromatic ring is 1. The van der Waals surface area contributed by atoms with Gasteiger partial charge in [0.1, 0.15) is 5.82 Å². The van der Waals surface area contributed by atoms with Gasteiger partial charge in [-0.15, -0.1) is 0 Å². The Bertz CT molecular complexity index is 484. The third-order valence-electron chi connectivity index (χ3n) is 2.23. The molecule has 3 N–H and O–H groups in total. The number of benzene rings is 1. The molecule has 0 saturated heterocycles. The lowest BCUT2D eigenvalue weighted by atomic mass is 10.2. The first kappa shape index (κ1) is 11.1. The highest BCUT2D eigenvalue weighted by Gasteiger charge is 2.09. The molecular formula is C11H13BrN4. The van der Waals surface area contributed by atoms with Crippen LogP contribution in [-0.4, -0.2) is 15.2 Å². The summed E-state index contributed by atoms with van der Waals surface area (Å²) in [6.45, 7) is 4.14. The molecule has 0 aliphatic heterocycles. The average Bonchev–Trinajstić information content (AvgIpc) is 2.64. The zero-order valence-corrected chi connectivity index (χ0v) is 10.7. The summed E-state index contributed by atoms with van der Waals surface area (Å²) in [6.07, 6.45) is 0. The van der Waals surface area contributed by atoms with Crippen LogP contribution >= 0.6 is 15.9 Å². The highest BCUT2D eigenvalue weighted by atomic mass is 79.9. The quantitative estimate of drug-likeness (QED) is 0.831. The van der Waals surface area contributed by atoms with Gasteiger partial charge in [0.15, 0.2) is 5.82 Å². The summed E-state index contributed by atoms with van der Waals surface area (Å²) < 4.78 is 0.929. The van der Waals surface area contributed by atoms with Crippen molar-refractivity contribution in [1.29, 1.82) is 0 Å². The molecule has 1 aromatic carbocycles. The van der Waals surface area contributed by atoms with Crippen LogP contribution in [0.5, 0.6) is 0 Å². The van der Waals surface area contributed by atoms with E-state index < -0.39 is 0 Å². The van der Waals surface area contributed by atoms with Crippen LogP contribution in [0.15, 0.2) is 22.7 Å². The molecule has 84 valence electrons. The minimum atomic E-state index is 0.339. The number of halogens is 1. The van der Waals surface area contributed by atoms with Crippen LogP contribution in [0.3, 0.4) is 0 Å². The Morgan fingerprint density at radius 2 is 2.06 bits per heavy atom. The zero-order valence-electron chi connectivity index (χ0n) is 9.16. The third-order valence-corrected chi connectivity index (χ3v) is 2.69. The zero-order chi connectivity index (χ0) is 11.7. The molecule has 0 unspecified atom stereocenters. The number of nitrogens with two attached hydrogens (primary N) is 1. The first-order valence-electron chi connectivity index (χ1n) is 5.05. The lowest BCUT2D eigenvalue weighted by Crippen LogP contribution is -1.90. The molecule has 2 aromatic rings. The molecule has 0 spiro atoms. The van der Waals surface area contributed by atoms with Crippen LogP contribution in [0.4, 0.5) is 5.69 Å². The van der Waals surface area contributed by atoms with Gasteiger partial charge in [-0.1, -0.05) is 29.8 Å². The van der Waals surface area contributed by atoms with E-state index in [2.05, 4.69) is 45.0 Å². The van der Waals surface area contributed by atoms with E-state index in [-0.39, 0.29) is 0 Å². The molecule has 1 heterocycles. The average molecular weight is 281 g/mol. The Balaban J connectivity index is 2.42. The molecule has 16 heavy (non-hydrogen) atoms. The van der Waals surface area contributed by atoms with Gasteiger partial charge in [-0.05, 0) is 18.2 Å². The maximum Gasteiger partial charge on any atom is 0.181 e. The van der Waals surface area contributed by atoms with Crippen LogP contribution in [0.2, 0.25) is 0 Å². The van der Waals surface area contributed by atoms with Crippen LogP contribution < -0.4 is 5.73 Å². The fourth-order valence-electron chi connectivity index (χ4n) is 1.40. The SMILES string of the molecule is CC(C)c1nc(-c2cc(N)cc(Br)c2)n[nH]1. The fraction of sp³-hybridized carbons (Fsp3) is 0.273. The van der Waals surface area contributed by atoms with Crippen LogP contribution in [0.25, 0.3) is 11.4 Å². The molecule has 0 aliphatic carbocycles. The fourth-order valence-corrected chi connectivity index (χ4v) is 1.91. The molecule has 2 rings (SSSR count). The number of nitrogens with one attached hydrogen (secondary N) is 1. The third kappa shape index (κ3) is 2.24. The van der Waals surface area contributed by atoms with E-state index in [0.29, 0.717) is 17.4 Å². The molecule has 0 aliphatic rings. The maximum absolute atomic E-state index is 5.77. The van der Waals surface area contributed by atoms with Crippen molar-refractivity contribution < 1.29 is 0 Å². The van der Waals surface area contributed by atoms with E-state index in [1.165, 1.54) is 0 Å². The van der Waals surface area contributed by atoms with Crippen molar-refractivity contribution in [3.05, 3.63) is 28.5 Å². The van der Waals surface area contributed by atoms with E-state index in [4.69, 9.17) is 5.73 Å². The molecule has 0 fully saturated rings. The molecule has 0 bridgehead atoms. The minimum absolute atomic E-state index is 0.339.